The summed E-state index contributed by atoms with van der Waals surface area (Å²) < 4.78 is 10.9. The molecular formula is C38H46O4S. The van der Waals surface area contributed by atoms with Crippen molar-refractivity contribution in [3.8, 4) is 11.5 Å². The molecular weight excluding hydrogens is 552 g/mol. The molecule has 0 spiro atoms. The van der Waals surface area contributed by atoms with Crippen LogP contribution in [0.25, 0.3) is 0 Å². The zero-order chi connectivity index (χ0) is 30.4. The third-order valence-electron chi connectivity index (χ3n) is 11.3. The van der Waals surface area contributed by atoms with E-state index in [0.29, 0.717) is 17.8 Å². The van der Waals surface area contributed by atoms with Gasteiger partial charge in [-0.2, -0.15) is 0 Å². The van der Waals surface area contributed by atoms with Gasteiger partial charge in [0.2, 0.25) is 0 Å². The number of ketones is 1. The lowest BCUT2D eigenvalue weighted by molar-refractivity contribution is -0.149. The molecule has 3 aliphatic rings. The van der Waals surface area contributed by atoms with Gasteiger partial charge in [0.25, 0.3) is 0 Å². The summed E-state index contributed by atoms with van der Waals surface area (Å²) in [6.07, 6.45) is 6.74. The minimum absolute atomic E-state index is 0.0309. The van der Waals surface area contributed by atoms with Crippen LogP contribution in [0.4, 0.5) is 0 Å². The van der Waals surface area contributed by atoms with Crippen LogP contribution in [-0.4, -0.2) is 30.7 Å². The lowest BCUT2D eigenvalue weighted by Crippen LogP contribution is -2.52. The second-order valence-corrected chi connectivity index (χ2v) is 14.9. The van der Waals surface area contributed by atoms with Crippen LogP contribution in [0.15, 0.2) is 71.6 Å². The van der Waals surface area contributed by atoms with Gasteiger partial charge in [-0.3, -0.25) is 4.79 Å². The zero-order valence-electron chi connectivity index (χ0n) is 26.3. The van der Waals surface area contributed by atoms with E-state index in [1.54, 1.807) is 26.0 Å². The van der Waals surface area contributed by atoms with Crippen molar-refractivity contribution < 1.29 is 19.4 Å². The van der Waals surface area contributed by atoms with Crippen LogP contribution in [0.3, 0.4) is 0 Å². The van der Waals surface area contributed by atoms with Gasteiger partial charge >= 0.3 is 0 Å². The van der Waals surface area contributed by atoms with E-state index in [1.165, 1.54) is 23.1 Å². The largest absolute Gasteiger partial charge is 0.497 e. The molecule has 5 heteroatoms. The number of aliphatic hydroxyl groups is 1. The minimum atomic E-state index is -1.37. The van der Waals surface area contributed by atoms with Gasteiger partial charge in [-0.25, -0.2) is 0 Å². The number of rotatable bonds is 9. The second kappa shape index (κ2) is 12.0. The number of thioether (sulfide) groups is 1. The maximum atomic E-state index is 14.2. The van der Waals surface area contributed by atoms with Gasteiger partial charge in [0.1, 0.15) is 17.1 Å². The molecule has 0 bridgehead atoms. The Morgan fingerprint density at radius 2 is 1.67 bits per heavy atom. The van der Waals surface area contributed by atoms with E-state index >= 15 is 0 Å². The molecule has 0 saturated heterocycles. The maximum Gasteiger partial charge on any atom is 0.165 e. The van der Waals surface area contributed by atoms with Crippen LogP contribution in [-0.2, 0) is 11.2 Å². The predicted molar refractivity (Wildman–Crippen MR) is 174 cm³/mol. The van der Waals surface area contributed by atoms with Gasteiger partial charge < -0.3 is 14.6 Å². The highest BCUT2D eigenvalue weighted by Gasteiger charge is 2.60. The number of ether oxygens (including phenoxy) is 2. The van der Waals surface area contributed by atoms with E-state index in [4.69, 9.17) is 9.47 Å². The molecule has 0 aromatic heterocycles. The molecule has 3 aliphatic carbocycles. The fraction of sp³-hybridized carbons (Fsp3) is 0.500. The van der Waals surface area contributed by atoms with Gasteiger partial charge in [0, 0.05) is 22.5 Å². The monoisotopic (exact) mass is 598 g/mol. The molecule has 1 N–H and O–H groups in total. The highest BCUT2D eigenvalue weighted by atomic mass is 32.2. The molecule has 0 radical (unpaired) electrons. The molecule has 0 unspecified atom stereocenters. The normalized spacial score (nSPS) is 28.1. The summed E-state index contributed by atoms with van der Waals surface area (Å²) in [7, 11) is 3.41. The molecule has 2 saturated carbocycles. The van der Waals surface area contributed by atoms with Gasteiger partial charge in [0.15, 0.2) is 5.78 Å². The highest BCUT2D eigenvalue weighted by molar-refractivity contribution is 7.99. The van der Waals surface area contributed by atoms with Crippen molar-refractivity contribution in [1.29, 1.82) is 0 Å². The van der Waals surface area contributed by atoms with Crippen molar-refractivity contribution in [2.75, 3.05) is 14.2 Å². The summed E-state index contributed by atoms with van der Waals surface area (Å²) in [4.78, 5) is 15.4. The van der Waals surface area contributed by atoms with Crippen molar-refractivity contribution in [3.05, 3.63) is 89.0 Å². The first kappa shape index (κ1) is 30.3. The maximum absolute atomic E-state index is 14.2. The Labute approximate surface area is 261 Å². The lowest BCUT2D eigenvalue weighted by Gasteiger charge is -2.53. The number of Topliss-reactive ketones (excluding diaryl/α,β-unsaturated/α-hetero) is 1. The van der Waals surface area contributed by atoms with Gasteiger partial charge in [0.05, 0.1) is 14.2 Å². The van der Waals surface area contributed by atoms with E-state index in [2.05, 4.69) is 68.4 Å². The minimum Gasteiger partial charge on any atom is -0.497 e. The number of hydrogen-bond donors (Lipinski definition) is 1. The Kier molecular flexibility index (Phi) is 8.43. The number of benzene rings is 3. The summed E-state index contributed by atoms with van der Waals surface area (Å²) in [5.41, 5.74) is 3.82. The molecule has 0 aliphatic heterocycles. The molecule has 43 heavy (non-hydrogen) atoms. The smallest absolute Gasteiger partial charge is 0.165 e. The average molecular weight is 599 g/mol. The van der Waals surface area contributed by atoms with Gasteiger partial charge in [-0.1, -0.05) is 42.8 Å². The number of carbonyl (C=O) groups is 1. The molecule has 7 atom stereocenters. The van der Waals surface area contributed by atoms with E-state index in [1.807, 2.05) is 19.1 Å². The summed E-state index contributed by atoms with van der Waals surface area (Å²) >= 11 is 1.70. The molecule has 6 rings (SSSR count). The van der Waals surface area contributed by atoms with Crippen LogP contribution in [0.1, 0.15) is 85.8 Å². The third-order valence-corrected chi connectivity index (χ3v) is 12.6. The van der Waals surface area contributed by atoms with E-state index in [0.717, 1.165) is 54.1 Å². The summed E-state index contributed by atoms with van der Waals surface area (Å²) in [6.45, 7) is 6.30. The van der Waals surface area contributed by atoms with E-state index in [-0.39, 0.29) is 28.8 Å². The van der Waals surface area contributed by atoms with Crippen molar-refractivity contribution in [3.63, 3.8) is 0 Å². The van der Waals surface area contributed by atoms with Crippen LogP contribution in [0.5, 0.6) is 11.5 Å². The van der Waals surface area contributed by atoms with Crippen molar-refractivity contribution in [2.45, 2.75) is 87.4 Å². The Morgan fingerprint density at radius 3 is 2.37 bits per heavy atom. The first-order valence-electron chi connectivity index (χ1n) is 15.9. The molecule has 3 aromatic rings. The lowest BCUT2D eigenvalue weighted by atomic mass is 9.52. The quantitative estimate of drug-likeness (QED) is 0.250. The van der Waals surface area contributed by atoms with Crippen molar-refractivity contribution in [2.24, 2.45) is 23.2 Å². The fourth-order valence-electron chi connectivity index (χ4n) is 9.01. The molecule has 3 aromatic carbocycles. The molecule has 2 fully saturated rings. The Morgan fingerprint density at radius 1 is 0.977 bits per heavy atom. The topological polar surface area (TPSA) is 55.8 Å². The predicted octanol–water partition coefficient (Wildman–Crippen LogP) is 8.73. The average Bonchev–Trinajstić information content (AvgIpc) is 3.39. The van der Waals surface area contributed by atoms with Gasteiger partial charge in [-0.15, -0.1) is 11.8 Å². The standard InChI is InChI=1S/C38H46O4S/c1-24-6-14-29(15-7-24)43-34(25-8-11-27(41-4)12-9-25)23-36(39)38(3,40)35-19-18-33-32-16-10-26-22-28(42-5)13-17-30(26)31(32)20-21-37(33,35)2/h6-9,11-15,17,22,31-35,40H,10,16,18-21,23H2,1-5H3/t31-,32-,33+,34+,35+,37+,38-/m1/s1. The SMILES string of the molecule is COc1ccc([C@H](CC(=O)[C@](C)(O)[C@H]2CC[C@H]3[C@@H]4CCc5cc(OC)ccc5[C@H]4CC[C@@]32C)Sc2ccc(C)cc2)cc1. The number of fused-ring (bicyclic) bond motifs is 5. The summed E-state index contributed by atoms with van der Waals surface area (Å²) in [6, 6.07) is 23.1. The summed E-state index contributed by atoms with van der Waals surface area (Å²) in [5, 5.41) is 12.1. The summed E-state index contributed by atoms with van der Waals surface area (Å²) in [5.74, 6) is 3.38. The Balaban J connectivity index is 1.22. The molecule has 0 amide bonds. The first-order valence-corrected chi connectivity index (χ1v) is 16.8. The van der Waals surface area contributed by atoms with Crippen LogP contribution < -0.4 is 9.47 Å². The number of methoxy groups -OCH3 is 2. The zero-order valence-corrected chi connectivity index (χ0v) is 27.1. The van der Waals surface area contributed by atoms with Gasteiger partial charge in [-0.05, 0) is 129 Å². The molecule has 0 heterocycles. The van der Waals surface area contributed by atoms with E-state index < -0.39 is 5.60 Å². The van der Waals surface area contributed by atoms with Crippen LogP contribution >= 0.6 is 11.8 Å². The fourth-order valence-corrected chi connectivity index (χ4v) is 10.2. The van der Waals surface area contributed by atoms with Crippen molar-refractivity contribution >= 4 is 17.5 Å². The van der Waals surface area contributed by atoms with Crippen molar-refractivity contribution in [1.82, 2.24) is 0 Å². The number of hydrogen-bond acceptors (Lipinski definition) is 5. The first-order chi connectivity index (χ1) is 20.6. The van der Waals surface area contributed by atoms with E-state index in [9.17, 15) is 9.90 Å². The highest BCUT2D eigenvalue weighted by Crippen LogP contribution is 2.65. The third kappa shape index (κ3) is 5.64. The second-order valence-electron chi connectivity index (χ2n) is 13.6. The number of carbonyl (C=O) groups excluding carboxylic acids is 1. The molecule has 228 valence electrons. The number of aryl methyl sites for hydroxylation is 2. The Hall–Kier alpha value is -2.76. The van der Waals surface area contributed by atoms with Crippen LogP contribution in [0.2, 0.25) is 0 Å². The van der Waals surface area contributed by atoms with Crippen LogP contribution in [0, 0.1) is 30.1 Å². The Bertz CT molecular complexity index is 1450. The molecule has 4 nitrogen and oxygen atoms in total.